The molecule has 0 aromatic heterocycles. The normalized spacial score (nSPS) is 11.4. The number of nitrogens with zero attached hydrogens (tertiary/aromatic N) is 1. The molecule has 1 amide bonds. The molecule has 0 aliphatic carbocycles. The third-order valence-electron chi connectivity index (χ3n) is 4.71. The Labute approximate surface area is 179 Å². The van der Waals surface area contributed by atoms with Gasteiger partial charge in [-0.2, -0.15) is 5.10 Å². The lowest BCUT2D eigenvalue weighted by Gasteiger charge is -2.26. The van der Waals surface area contributed by atoms with Gasteiger partial charge in [0.2, 0.25) is 0 Å². The first-order valence-corrected chi connectivity index (χ1v) is 10.1. The van der Waals surface area contributed by atoms with Gasteiger partial charge in [-0.1, -0.05) is 84.4 Å². The number of hydrogen-bond acceptors (Lipinski definition) is 3. The summed E-state index contributed by atoms with van der Waals surface area (Å²) in [5, 5.41) is 3.94. The SMILES string of the molecule is CC(C)(c1ccccc1)c1ccc(OCC(=O)NN=Cc2ccc(Br)cc2)cc1. The first kappa shape index (κ1) is 20.8. The van der Waals surface area contributed by atoms with E-state index in [4.69, 9.17) is 4.74 Å². The van der Waals surface area contributed by atoms with E-state index in [0.717, 1.165) is 10.0 Å². The zero-order valence-corrected chi connectivity index (χ0v) is 18.0. The van der Waals surface area contributed by atoms with Gasteiger partial charge in [0, 0.05) is 9.89 Å². The number of ether oxygens (including phenoxy) is 1. The van der Waals surface area contributed by atoms with Crippen LogP contribution in [0.4, 0.5) is 0 Å². The van der Waals surface area contributed by atoms with E-state index in [-0.39, 0.29) is 17.9 Å². The maximum Gasteiger partial charge on any atom is 0.277 e. The second-order valence-corrected chi connectivity index (χ2v) is 8.06. The van der Waals surface area contributed by atoms with E-state index in [2.05, 4.69) is 52.4 Å². The number of hydrogen-bond donors (Lipinski definition) is 1. The Morgan fingerprint density at radius 2 is 1.59 bits per heavy atom. The molecule has 3 rings (SSSR count). The van der Waals surface area contributed by atoms with E-state index >= 15 is 0 Å². The van der Waals surface area contributed by atoms with Crippen LogP contribution in [0.1, 0.15) is 30.5 Å². The molecule has 29 heavy (non-hydrogen) atoms. The first-order valence-electron chi connectivity index (χ1n) is 9.31. The molecule has 3 aromatic carbocycles. The molecule has 0 aliphatic rings. The van der Waals surface area contributed by atoms with Gasteiger partial charge in [-0.25, -0.2) is 5.43 Å². The van der Waals surface area contributed by atoms with E-state index < -0.39 is 0 Å². The molecule has 0 saturated carbocycles. The Balaban J connectivity index is 1.52. The van der Waals surface area contributed by atoms with Crippen molar-refractivity contribution in [2.24, 2.45) is 5.10 Å². The Bertz CT molecular complexity index is 966. The van der Waals surface area contributed by atoms with Crippen LogP contribution in [0.15, 0.2) is 88.4 Å². The van der Waals surface area contributed by atoms with E-state index in [1.807, 2.05) is 66.7 Å². The Kier molecular flexibility index (Phi) is 6.83. The summed E-state index contributed by atoms with van der Waals surface area (Å²) in [6.07, 6.45) is 1.59. The van der Waals surface area contributed by atoms with E-state index in [0.29, 0.717) is 5.75 Å². The third-order valence-corrected chi connectivity index (χ3v) is 5.24. The standard InChI is InChI=1S/C24H23BrN2O2/c1-24(2,19-6-4-3-5-7-19)20-10-14-22(15-11-20)29-17-23(28)27-26-16-18-8-12-21(25)13-9-18/h3-16H,17H2,1-2H3,(H,27,28). The minimum absolute atomic E-state index is 0.0981. The number of halogens is 1. The van der Waals surface area contributed by atoms with E-state index in [1.54, 1.807) is 6.21 Å². The second-order valence-electron chi connectivity index (χ2n) is 7.15. The summed E-state index contributed by atoms with van der Waals surface area (Å²) < 4.78 is 6.56. The Morgan fingerprint density at radius 3 is 2.24 bits per heavy atom. The molecule has 4 nitrogen and oxygen atoms in total. The van der Waals surface area contributed by atoms with Crippen molar-refractivity contribution < 1.29 is 9.53 Å². The highest BCUT2D eigenvalue weighted by Crippen LogP contribution is 2.32. The number of carbonyl (C=O) groups excluding carboxylic acids is 1. The lowest BCUT2D eigenvalue weighted by Crippen LogP contribution is -2.24. The van der Waals surface area contributed by atoms with Crippen LogP contribution >= 0.6 is 15.9 Å². The van der Waals surface area contributed by atoms with Gasteiger partial charge in [0.05, 0.1) is 6.21 Å². The summed E-state index contributed by atoms with van der Waals surface area (Å²) in [7, 11) is 0. The predicted molar refractivity (Wildman–Crippen MR) is 120 cm³/mol. The van der Waals surface area contributed by atoms with Crippen LogP contribution in [0.5, 0.6) is 5.75 Å². The molecule has 0 fully saturated rings. The molecule has 0 atom stereocenters. The molecule has 0 heterocycles. The number of hydrazone groups is 1. The quantitative estimate of drug-likeness (QED) is 0.391. The summed E-state index contributed by atoms with van der Waals surface area (Å²) in [4.78, 5) is 11.9. The van der Waals surface area contributed by atoms with Crippen LogP contribution in [-0.2, 0) is 10.2 Å². The summed E-state index contributed by atoms with van der Waals surface area (Å²) in [6.45, 7) is 4.28. The van der Waals surface area contributed by atoms with E-state index in [1.165, 1.54) is 11.1 Å². The molecule has 0 bridgehead atoms. The van der Waals surface area contributed by atoms with Gasteiger partial charge in [-0.3, -0.25) is 4.79 Å². The Hall–Kier alpha value is -2.92. The highest BCUT2D eigenvalue weighted by atomic mass is 79.9. The highest BCUT2D eigenvalue weighted by Gasteiger charge is 2.22. The van der Waals surface area contributed by atoms with Gasteiger partial charge in [0.1, 0.15) is 5.75 Å². The van der Waals surface area contributed by atoms with Gasteiger partial charge in [-0.05, 0) is 41.0 Å². The molecular weight excluding hydrogens is 428 g/mol. The van der Waals surface area contributed by atoms with Crippen molar-refractivity contribution in [3.05, 3.63) is 100 Å². The van der Waals surface area contributed by atoms with Crippen molar-refractivity contribution in [2.45, 2.75) is 19.3 Å². The van der Waals surface area contributed by atoms with E-state index in [9.17, 15) is 4.79 Å². The van der Waals surface area contributed by atoms with Crippen molar-refractivity contribution in [3.8, 4) is 5.75 Å². The number of amides is 1. The van der Waals surface area contributed by atoms with Crippen molar-refractivity contribution in [1.29, 1.82) is 0 Å². The molecule has 0 spiro atoms. The van der Waals surface area contributed by atoms with Crippen molar-refractivity contribution in [2.75, 3.05) is 6.61 Å². The predicted octanol–water partition coefficient (Wildman–Crippen LogP) is 5.30. The maximum atomic E-state index is 11.9. The van der Waals surface area contributed by atoms with Crippen molar-refractivity contribution in [3.63, 3.8) is 0 Å². The summed E-state index contributed by atoms with van der Waals surface area (Å²) in [6, 6.07) is 25.8. The largest absolute Gasteiger partial charge is 0.484 e. The van der Waals surface area contributed by atoms with Gasteiger partial charge in [0.25, 0.3) is 5.91 Å². The molecule has 0 radical (unpaired) electrons. The smallest absolute Gasteiger partial charge is 0.277 e. The molecule has 0 aliphatic heterocycles. The maximum absolute atomic E-state index is 11.9. The second kappa shape index (κ2) is 9.52. The number of carbonyl (C=O) groups is 1. The van der Waals surface area contributed by atoms with Crippen LogP contribution in [0.2, 0.25) is 0 Å². The molecular formula is C24H23BrN2O2. The molecule has 0 unspecified atom stereocenters. The number of benzene rings is 3. The number of nitrogens with one attached hydrogen (secondary N) is 1. The summed E-state index contributed by atoms with van der Waals surface area (Å²) >= 11 is 3.38. The van der Waals surface area contributed by atoms with Crippen LogP contribution < -0.4 is 10.2 Å². The van der Waals surface area contributed by atoms with Gasteiger partial charge >= 0.3 is 0 Å². The lowest BCUT2D eigenvalue weighted by molar-refractivity contribution is -0.123. The van der Waals surface area contributed by atoms with Gasteiger partial charge in [0.15, 0.2) is 6.61 Å². The third kappa shape index (κ3) is 5.78. The number of rotatable bonds is 7. The minimum Gasteiger partial charge on any atom is -0.484 e. The monoisotopic (exact) mass is 450 g/mol. The van der Waals surface area contributed by atoms with Crippen molar-refractivity contribution >= 4 is 28.1 Å². The van der Waals surface area contributed by atoms with Crippen molar-refractivity contribution in [1.82, 2.24) is 5.43 Å². The molecule has 148 valence electrons. The van der Waals surface area contributed by atoms with Gasteiger partial charge < -0.3 is 4.74 Å². The fourth-order valence-electron chi connectivity index (χ4n) is 2.90. The average molecular weight is 451 g/mol. The van der Waals surface area contributed by atoms with Crippen LogP contribution in [-0.4, -0.2) is 18.7 Å². The first-order chi connectivity index (χ1) is 13.9. The highest BCUT2D eigenvalue weighted by molar-refractivity contribution is 9.10. The fourth-order valence-corrected chi connectivity index (χ4v) is 3.16. The van der Waals surface area contributed by atoms with Crippen LogP contribution in [0.25, 0.3) is 0 Å². The lowest BCUT2D eigenvalue weighted by atomic mass is 9.78. The Morgan fingerprint density at radius 1 is 0.966 bits per heavy atom. The topological polar surface area (TPSA) is 50.7 Å². The average Bonchev–Trinajstić information content (AvgIpc) is 2.74. The summed E-state index contributed by atoms with van der Waals surface area (Å²) in [5.74, 6) is 0.330. The summed E-state index contributed by atoms with van der Waals surface area (Å²) in [5.41, 5.74) is 5.68. The molecule has 3 aromatic rings. The molecule has 0 saturated heterocycles. The van der Waals surface area contributed by atoms with Crippen LogP contribution in [0.3, 0.4) is 0 Å². The zero-order chi connectivity index (χ0) is 20.7. The molecule has 5 heteroatoms. The zero-order valence-electron chi connectivity index (χ0n) is 16.4. The van der Waals surface area contributed by atoms with Gasteiger partial charge in [-0.15, -0.1) is 0 Å². The molecule has 1 N–H and O–H groups in total. The fraction of sp³-hybridized carbons (Fsp3) is 0.167. The van der Waals surface area contributed by atoms with Crippen LogP contribution in [0, 0.1) is 0 Å². The minimum atomic E-state index is -0.313.